The van der Waals surface area contributed by atoms with Crippen LogP contribution in [0, 0.1) is 0 Å². The van der Waals surface area contributed by atoms with E-state index in [9.17, 15) is 8.42 Å². The Morgan fingerprint density at radius 3 is 2.79 bits per heavy atom. The number of sulfone groups is 1. The van der Waals surface area contributed by atoms with E-state index < -0.39 is 9.84 Å². The lowest BCUT2D eigenvalue weighted by molar-refractivity contribution is 0.249. The Bertz CT molecular complexity index is 264. The van der Waals surface area contributed by atoms with Crippen LogP contribution in [-0.2, 0) is 9.84 Å². The zero-order chi connectivity index (χ0) is 10.6. The Balaban J connectivity index is 2.43. The summed E-state index contributed by atoms with van der Waals surface area (Å²) in [7, 11) is -0.816. The van der Waals surface area contributed by atoms with Crippen LogP contribution in [0.1, 0.15) is 13.3 Å². The summed E-state index contributed by atoms with van der Waals surface area (Å²) in [6, 6.07) is 0.116. The Labute approximate surface area is 86.6 Å². The summed E-state index contributed by atoms with van der Waals surface area (Å²) >= 11 is 0. The summed E-state index contributed by atoms with van der Waals surface area (Å²) in [6.07, 6.45) is 0.713. The molecule has 1 unspecified atom stereocenters. The van der Waals surface area contributed by atoms with Gasteiger partial charge in [0.15, 0.2) is 9.84 Å². The second kappa shape index (κ2) is 5.09. The third kappa shape index (κ3) is 3.94. The van der Waals surface area contributed by atoms with Crippen molar-refractivity contribution >= 4 is 9.84 Å². The first-order valence-electron chi connectivity index (χ1n) is 5.16. The van der Waals surface area contributed by atoms with Gasteiger partial charge in [0, 0.05) is 31.4 Å². The molecule has 0 aromatic heterocycles. The Morgan fingerprint density at radius 1 is 1.50 bits per heavy atom. The molecule has 0 aromatic rings. The zero-order valence-electron chi connectivity index (χ0n) is 8.99. The molecule has 1 N–H and O–H groups in total. The highest BCUT2D eigenvalue weighted by molar-refractivity contribution is 7.91. The van der Waals surface area contributed by atoms with Gasteiger partial charge >= 0.3 is 0 Å². The Kier molecular flexibility index (Phi) is 4.34. The molecule has 14 heavy (non-hydrogen) atoms. The van der Waals surface area contributed by atoms with E-state index in [-0.39, 0.29) is 11.8 Å². The lowest BCUT2D eigenvalue weighted by Gasteiger charge is -2.30. The van der Waals surface area contributed by atoms with Crippen LogP contribution in [-0.4, -0.2) is 57.5 Å². The molecular formula is C9H20N2O2S. The Morgan fingerprint density at radius 2 is 2.21 bits per heavy atom. The minimum Gasteiger partial charge on any atom is -0.310 e. The lowest BCUT2D eigenvalue weighted by atomic mass is 10.2. The molecule has 0 amide bonds. The second-order valence-electron chi connectivity index (χ2n) is 4.03. The lowest BCUT2D eigenvalue weighted by Crippen LogP contribution is -2.52. The summed E-state index contributed by atoms with van der Waals surface area (Å²) in [6.45, 7) is 4.63. The van der Waals surface area contributed by atoms with E-state index in [1.165, 1.54) is 0 Å². The van der Waals surface area contributed by atoms with Crippen molar-refractivity contribution in [3.8, 4) is 0 Å². The van der Waals surface area contributed by atoms with Crippen molar-refractivity contribution in [3.63, 3.8) is 0 Å². The topological polar surface area (TPSA) is 49.4 Å². The van der Waals surface area contributed by atoms with Gasteiger partial charge in [-0.3, -0.25) is 0 Å². The predicted molar refractivity (Wildman–Crippen MR) is 58.2 cm³/mol. The molecule has 1 heterocycles. The monoisotopic (exact) mass is 220 g/mol. The van der Waals surface area contributed by atoms with Gasteiger partial charge in [0.25, 0.3) is 0 Å². The van der Waals surface area contributed by atoms with E-state index >= 15 is 0 Å². The van der Waals surface area contributed by atoms with E-state index in [1.54, 1.807) is 0 Å². The third-order valence-electron chi connectivity index (χ3n) is 2.43. The van der Waals surface area contributed by atoms with E-state index in [4.69, 9.17) is 0 Å². The number of piperazine rings is 1. The molecule has 1 aliphatic rings. The molecule has 84 valence electrons. The van der Waals surface area contributed by atoms with Gasteiger partial charge in [0.05, 0.1) is 5.75 Å². The molecule has 1 aliphatic heterocycles. The summed E-state index contributed by atoms with van der Waals surface area (Å²) < 4.78 is 23.1. The summed E-state index contributed by atoms with van der Waals surface area (Å²) in [5.74, 6) is 0.597. The van der Waals surface area contributed by atoms with Crippen LogP contribution in [0.4, 0.5) is 0 Å². The Hall–Kier alpha value is -0.130. The van der Waals surface area contributed by atoms with Gasteiger partial charge < -0.3 is 10.2 Å². The molecule has 0 radical (unpaired) electrons. The maximum Gasteiger partial charge on any atom is 0.151 e. The number of hydrogen-bond donors (Lipinski definition) is 1. The summed E-state index contributed by atoms with van der Waals surface area (Å²) in [5, 5.41) is 3.24. The molecule has 1 saturated heterocycles. The number of rotatable bonds is 4. The van der Waals surface area contributed by atoms with Crippen LogP contribution < -0.4 is 5.32 Å². The largest absolute Gasteiger partial charge is 0.310 e. The van der Waals surface area contributed by atoms with Crippen LogP contribution in [0.2, 0.25) is 0 Å². The average molecular weight is 220 g/mol. The number of likely N-dealkylation sites (N-methyl/N-ethyl adjacent to an activating group) is 1. The van der Waals surface area contributed by atoms with Crippen LogP contribution in [0.5, 0.6) is 0 Å². The fourth-order valence-electron chi connectivity index (χ4n) is 1.80. The molecule has 1 atom stereocenters. The van der Waals surface area contributed by atoms with Crippen molar-refractivity contribution in [2.75, 3.05) is 38.2 Å². The molecule has 0 spiro atoms. The van der Waals surface area contributed by atoms with Crippen molar-refractivity contribution in [1.82, 2.24) is 10.2 Å². The van der Waals surface area contributed by atoms with Crippen LogP contribution in [0.25, 0.3) is 0 Å². The summed E-state index contributed by atoms with van der Waals surface area (Å²) in [4.78, 5) is 2.17. The highest BCUT2D eigenvalue weighted by Gasteiger charge is 2.22. The van der Waals surface area contributed by atoms with Crippen molar-refractivity contribution in [1.29, 1.82) is 0 Å². The fourth-order valence-corrected chi connectivity index (χ4v) is 3.43. The van der Waals surface area contributed by atoms with Crippen LogP contribution in [0.3, 0.4) is 0 Å². The van der Waals surface area contributed by atoms with Gasteiger partial charge in [-0.15, -0.1) is 0 Å². The second-order valence-corrected chi connectivity index (χ2v) is 6.26. The first-order chi connectivity index (χ1) is 6.53. The first-order valence-corrected chi connectivity index (χ1v) is 6.98. The molecule has 0 bridgehead atoms. The van der Waals surface area contributed by atoms with Crippen molar-refractivity contribution in [2.45, 2.75) is 19.4 Å². The maximum atomic E-state index is 11.5. The minimum atomic E-state index is -2.84. The molecular weight excluding hydrogens is 200 g/mol. The molecule has 0 aromatic carbocycles. The van der Waals surface area contributed by atoms with E-state index in [2.05, 4.69) is 10.2 Å². The number of nitrogens with one attached hydrogen (secondary N) is 1. The van der Waals surface area contributed by atoms with Crippen LogP contribution in [0.15, 0.2) is 0 Å². The fraction of sp³-hybridized carbons (Fsp3) is 1.00. The van der Waals surface area contributed by atoms with E-state index in [0.29, 0.717) is 12.2 Å². The molecule has 5 heteroatoms. The molecule has 0 aliphatic carbocycles. The number of nitrogens with zero attached hydrogens (tertiary/aromatic N) is 1. The van der Waals surface area contributed by atoms with Gasteiger partial charge in [-0.05, 0) is 13.5 Å². The average Bonchev–Trinajstić information content (AvgIpc) is 2.02. The molecule has 0 saturated carbocycles. The van der Waals surface area contributed by atoms with Crippen molar-refractivity contribution in [2.24, 2.45) is 0 Å². The van der Waals surface area contributed by atoms with Gasteiger partial charge in [-0.2, -0.15) is 0 Å². The van der Waals surface area contributed by atoms with Gasteiger partial charge in [0.2, 0.25) is 0 Å². The SMILES string of the molecule is CCCS(=O)(=O)CC1CN(C)CCN1. The van der Waals surface area contributed by atoms with E-state index in [0.717, 1.165) is 19.6 Å². The number of hydrogen-bond acceptors (Lipinski definition) is 4. The standard InChI is InChI=1S/C9H20N2O2S/c1-3-6-14(12,13)8-9-7-11(2)5-4-10-9/h9-10H,3-8H2,1-2H3. The van der Waals surface area contributed by atoms with Gasteiger partial charge in [0.1, 0.15) is 0 Å². The first kappa shape index (κ1) is 11.9. The van der Waals surface area contributed by atoms with Gasteiger partial charge in [-0.1, -0.05) is 6.92 Å². The maximum absolute atomic E-state index is 11.5. The quantitative estimate of drug-likeness (QED) is 0.707. The predicted octanol–water partition coefficient (Wildman–Crippen LogP) is -0.285. The highest BCUT2D eigenvalue weighted by atomic mass is 32.2. The summed E-state index contributed by atoms with van der Waals surface area (Å²) in [5.41, 5.74) is 0. The van der Waals surface area contributed by atoms with Crippen molar-refractivity contribution in [3.05, 3.63) is 0 Å². The normalized spacial score (nSPS) is 25.1. The smallest absolute Gasteiger partial charge is 0.151 e. The zero-order valence-corrected chi connectivity index (χ0v) is 9.81. The van der Waals surface area contributed by atoms with Crippen molar-refractivity contribution < 1.29 is 8.42 Å². The highest BCUT2D eigenvalue weighted by Crippen LogP contribution is 2.02. The minimum absolute atomic E-state index is 0.116. The van der Waals surface area contributed by atoms with Crippen LogP contribution >= 0.6 is 0 Å². The molecule has 1 rings (SSSR count). The third-order valence-corrected chi connectivity index (χ3v) is 4.37. The molecule has 1 fully saturated rings. The van der Waals surface area contributed by atoms with E-state index in [1.807, 2.05) is 14.0 Å². The van der Waals surface area contributed by atoms with Gasteiger partial charge in [-0.25, -0.2) is 8.42 Å². The molecule has 4 nitrogen and oxygen atoms in total.